The lowest BCUT2D eigenvalue weighted by atomic mass is 9.88. The topological polar surface area (TPSA) is 213 Å². The van der Waals surface area contributed by atoms with Gasteiger partial charge in [0, 0.05) is 31.6 Å². The molecule has 1 aromatic rings. The predicted octanol–water partition coefficient (Wildman–Crippen LogP) is -0.891. The molecular formula is C29H40ClN3O11. The molecule has 0 radical (unpaired) electrons. The van der Waals surface area contributed by atoms with Crippen molar-refractivity contribution in [3.05, 3.63) is 34.9 Å². The highest BCUT2D eigenvalue weighted by molar-refractivity contribution is 6.35. The molecule has 1 fully saturated rings. The predicted molar refractivity (Wildman–Crippen MR) is 156 cm³/mol. The number of ether oxygens (including phenoxy) is 3. The number of hydrogen-bond acceptors (Lipinski definition) is 10. The number of likely N-dealkylation sites (N-methyl/N-ethyl adjacent to an activating group) is 1. The van der Waals surface area contributed by atoms with Gasteiger partial charge >= 0.3 is 17.8 Å². The Morgan fingerprint density at radius 1 is 1.11 bits per heavy atom. The highest BCUT2D eigenvalue weighted by Gasteiger charge is 2.56. The molecule has 14 nitrogen and oxygen atoms in total. The zero-order valence-electron chi connectivity index (χ0n) is 24.4. The summed E-state index contributed by atoms with van der Waals surface area (Å²) in [5.74, 6) is -4.47. The fraction of sp³-hybridized carbons (Fsp3) is 0.586. The van der Waals surface area contributed by atoms with Gasteiger partial charge in [-0.05, 0) is 30.5 Å². The monoisotopic (exact) mass is 641 g/mol. The van der Waals surface area contributed by atoms with E-state index >= 15 is 0 Å². The van der Waals surface area contributed by atoms with Crippen molar-refractivity contribution in [1.29, 1.82) is 0 Å². The number of carbonyl (C=O) groups is 4. The highest BCUT2D eigenvalue weighted by atomic mass is 35.5. The first kappa shape index (κ1) is 36.9. The number of nitrogens with one attached hydrogen (secondary N) is 3. The Balaban J connectivity index is 2.11. The van der Waals surface area contributed by atoms with Crippen molar-refractivity contribution in [2.45, 2.75) is 74.8 Å². The van der Waals surface area contributed by atoms with Crippen molar-refractivity contribution in [3.8, 4) is 12.3 Å². The lowest BCUT2D eigenvalue weighted by Crippen LogP contribution is -2.69. The summed E-state index contributed by atoms with van der Waals surface area (Å²) in [5.41, 5.74) is 0.637. The molecule has 1 aliphatic rings. The second-order valence-corrected chi connectivity index (χ2v) is 10.6. The fourth-order valence-corrected chi connectivity index (χ4v) is 4.61. The van der Waals surface area contributed by atoms with Crippen LogP contribution in [-0.2, 0) is 39.8 Å². The molecule has 1 aliphatic heterocycles. The van der Waals surface area contributed by atoms with E-state index in [4.69, 9.17) is 32.2 Å². The molecule has 1 saturated heterocycles. The minimum absolute atomic E-state index is 0.0582. The summed E-state index contributed by atoms with van der Waals surface area (Å²) in [7, 11) is 1.20. The number of unbranched alkanes of at least 4 members (excludes halogenated alkanes) is 3. The second-order valence-electron chi connectivity index (χ2n) is 10.2. The van der Waals surface area contributed by atoms with Crippen LogP contribution in [0.15, 0.2) is 24.3 Å². The summed E-state index contributed by atoms with van der Waals surface area (Å²) < 4.78 is 16.5. The van der Waals surface area contributed by atoms with Crippen molar-refractivity contribution in [2.24, 2.45) is 0 Å². The van der Waals surface area contributed by atoms with Crippen molar-refractivity contribution >= 4 is 35.3 Å². The maximum absolute atomic E-state index is 12.4. The second kappa shape index (κ2) is 18.5. The lowest BCUT2D eigenvalue weighted by molar-refractivity contribution is -0.310. The summed E-state index contributed by atoms with van der Waals surface area (Å²) in [6, 6.07) is 4.97. The molecule has 7 N–H and O–H groups in total. The van der Waals surface area contributed by atoms with E-state index < -0.39 is 72.9 Å². The number of terminal acetylenes is 1. The van der Waals surface area contributed by atoms with Gasteiger partial charge in [0.25, 0.3) is 5.79 Å². The van der Waals surface area contributed by atoms with Gasteiger partial charge in [-0.25, -0.2) is 4.79 Å². The minimum Gasteiger partial charge on any atom is -0.477 e. The maximum Gasteiger partial charge on any atom is 0.364 e. The number of carbonyl (C=O) groups excluding carboxylic acids is 3. The Kier molecular flexibility index (Phi) is 15.5. The number of halogens is 1. The number of aliphatic hydroxyl groups is 3. The SMILES string of the molecule is C#CCOCCCCCCO[C@]1(C(=O)O)C[C@H](O)[C@@H](NC(=O)C(=O)NC)[C@H]([C@H](O)[C@H](O)CNC(=O)Cc2ccc(Cl)cc2)O1. The van der Waals surface area contributed by atoms with Gasteiger partial charge in [0.05, 0.1) is 31.3 Å². The highest BCUT2D eigenvalue weighted by Crippen LogP contribution is 2.34. The molecule has 244 valence electrons. The van der Waals surface area contributed by atoms with Crippen LogP contribution < -0.4 is 16.0 Å². The van der Waals surface area contributed by atoms with E-state index in [-0.39, 0.29) is 19.6 Å². The first-order chi connectivity index (χ1) is 20.9. The average molecular weight is 642 g/mol. The summed E-state index contributed by atoms with van der Waals surface area (Å²) >= 11 is 5.85. The van der Waals surface area contributed by atoms with Crippen LogP contribution in [0, 0.1) is 12.3 Å². The minimum atomic E-state index is -2.45. The molecule has 0 spiro atoms. The molecule has 2 rings (SSSR count). The number of hydrogen-bond donors (Lipinski definition) is 7. The first-order valence-corrected chi connectivity index (χ1v) is 14.5. The Labute approximate surface area is 260 Å². The lowest BCUT2D eigenvalue weighted by Gasteiger charge is -2.46. The molecule has 0 aromatic heterocycles. The van der Waals surface area contributed by atoms with Crippen LogP contribution in [0.5, 0.6) is 0 Å². The number of aliphatic hydroxyl groups excluding tert-OH is 3. The molecule has 6 atom stereocenters. The molecule has 44 heavy (non-hydrogen) atoms. The first-order valence-electron chi connectivity index (χ1n) is 14.1. The number of benzene rings is 1. The van der Waals surface area contributed by atoms with Crippen molar-refractivity contribution in [3.63, 3.8) is 0 Å². The van der Waals surface area contributed by atoms with E-state index in [9.17, 15) is 39.6 Å². The largest absolute Gasteiger partial charge is 0.477 e. The summed E-state index contributed by atoms with van der Waals surface area (Å²) in [6.45, 7) is 0.106. The Morgan fingerprint density at radius 2 is 1.77 bits per heavy atom. The standard InChI is InChI=1S/C29H40ClN3O11/c1-3-12-42-13-6-4-5-7-14-43-29(28(40)41)16-20(34)23(33-27(39)26(38)31-2)25(44-29)24(37)21(35)17-32-22(36)15-18-8-10-19(30)11-9-18/h1,8-11,20-21,23-25,34-35,37H,4-7,12-17H2,2H3,(H,31,38)(H,32,36)(H,33,39)(H,40,41)/t20-,21+,23+,24+,25+,29+/m0/s1. The van der Waals surface area contributed by atoms with Crippen LogP contribution in [0.1, 0.15) is 37.7 Å². The molecule has 0 unspecified atom stereocenters. The van der Waals surface area contributed by atoms with Gasteiger partial charge < -0.3 is 50.6 Å². The van der Waals surface area contributed by atoms with Gasteiger partial charge in [0.15, 0.2) is 0 Å². The van der Waals surface area contributed by atoms with E-state index in [2.05, 4.69) is 21.9 Å². The zero-order valence-corrected chi connectivity index (χ0v) is 25.1. The summed E-state index contributed by atoms with van der Waals surface area (Å²) in [6.07, 6.45) is -0.208. The summed E-state index contributed by atoms with van der Waals surface area (Å²) in [5, 5.41) is 50.0. The molecular weight excluding hydrogens is 602 g/mol. The normalized spacial score (nSPS) is 22.7. The number of carboxylic acid groups (broad SMARTS) is 1. The smallest absolute Gasteiger partial charge is 0.364 e. The third kappa shape index (κ3) is 11.3. The van der Waals surface area contributed by atoms with Crippen molar-refractivity contribution < 1.29 is 53.8 Å². The quantitative estimate of drug-likeness (QED) is 0.0629. The number of amides is 3. The van der Waals surface area contributed by atoms with E-state index in [0.29, 0.717) is 30.0 Å². The van der Waals surface area contributed by atoms with E-state index in [1.165, 1.54) is 7.05 Å². The van der Waals surface area contributed by atoms with Gasteiger partial charge in [-0.2, -0.15) is 0 Å². The van der Waals surface area contributed by atoms with Crippen molar-refractivity contribution in [2.75, 3.05) is 33.4 Å². The number of carboxylic acids is 1. The third-order valence-corrected chi connectivity index (χ3v) is 7.10. The Hall–Kier alpha value is -3.29. The Morgan fingerprint density at radius 3 is 2.39 bits per heavy atom. The summed E-state index contributed by atoms with van der Waals surface area (Å²) in [4.78, 5) is 48.9. The third-order valence-electron chi connectivity index (χ3n) is 6.85. The van der Waals surface area contributed by atoms with Gasteiger partial charge in [-0.3, -0.25) is 14.4 Å². The van der Waals surface area contributed by atoms with Crippen LogP contribution in [0.4, 0.5) is 0 Å². The maximum atomic E-state index is 12.4. The Bertz CT molecular complexity index is 1150. The number of rotatable bonds is 17. The molecule has 1 heterocycles. The molecule has 15 heteroatoms. The van der Waals surface area contributed by atoms with Gasteiger partial charge in [0.2, 0.25) is 5.91 Å². The van der Waals surface area contributed by atoms with Crippen LogP contribution in [0.3, 0.4) is 0 Å². The van der Waals surface area contributed by atoms with E-state index in [0.717, 1.165) is 12.8 Å². The van der Waals surface area contributed by atoms with E-state index in [1.807, 2.05) is 0 Å². The van der Waals surface area contributed by atoms with Crippen LogP contribution in [-0.4, -0.2) is 114 Å². The van der Waals surface area contributed by atoms with Crippen LogP contribution in [0.25, 0.3) is 0 Å². The molecule has 1 aromatic carbocycles. The molecule has 0 bridgehead atoms. The zero-order chi connectivity index (χ0) is 32.7. The van der Waals surface area contributed by atoms with Crippen LogP contribution in [0.2, 0.25) is 5.02 Å². The fourth-order valence-electron chi connectivity index (χ4n) is 4.48. The molecule has 0 saturated carbocycles. The van der Waals surface area contributed by atoms with Gasteiger partial charge in [-0.15, -0.1) is 6.42 Å². The number of aliphatic carboxylic acids is 1. The molecule has 0 aliphatic carbocycles. The van der Waals surface area contributed by atoms with Gasteiger partial charge in [-0.1, -0.05) is 42.5 Å². The van der Waals surface area contributed by atoms with Gasteiger partial charge in [0.1, 0.15) is 18.8 Å². The van der Waals surface area contributed by atoms with Crippen molar-refractivity contribution in [1.82, 2.24) is 16.0 Å². The van der Waals surface area contributed by atoms with Crippen LogP contribution >= 0.6 is 11.6 Å². The van der Waals surface area contributed by atoms with E-state index in [1.54, 1.807) is 24.3 Å². The molecule has 3 amide bonds. The average Bonchev–Trinajstić information content (AvgIpc) is 3.00.